The predicted octanol–water partition coefficient (Wildman–Crippen LogP) is 1.12. The van der Waals surface area contributed by atoms with Crippen LogP contribution in [0.4, 0.5) is 0 Å². The second-order valence-corrected chi connectivity index (χ2v) is 10.2. The summed E-state index contributed by atoms with van der Waals surface area (Å²) < 4.78 is 5.24. The summed E-state index contributed by atoms with van der Waals surface area (Å²) in [6.07, 6.45) is 1.38. The largest absolute Gasteiger partial charge is 0.460 e. The number of rotatable bonds is 8. The zero-order valence-electron chi connectivity index (χ0n) is 21.4. The summed E-state index contributed by atoms with van der Waals surface area (Å²) in [5.74, 6) is -2.45. The molecule has 4 amide bonds. The van der Waals surface area contributed by atoms with E-state index in [0.29, 0.717) is 18.3 Å². The molecule has 3 atom stereocenters. The Hall–Kier alpha value is -3.76. The Balaban J connectivity index is 1.71. The molecule has 0 aromatic heterocycles. The normalized spacial score (nSPS) is 20.8. The van der Waals surface area contributed by atoms with Gasteiger partial charge in [0, 0.05) is 24.9 Å². The van der Waals surface area contributed by atoms with E-state index in [2.05, 4.69) is 10.6 Å². The Morgan fingerprint density at radius 3 is 2.49 bits per heavy atom. The van der Waals surface area contributed by atoms with Gasteiger partial charge in [-0.25, -0.2) is 5.01 Å². The van der Waals surface area contributed by atoms with E-state index in [4.69, 9.17) is 4.74 Å². The maximum Gasteiger partial charge on any atom is 0.306 e. The number of aldehydes is 1. The quantitative estimate of drug-likeness (QED) is 0.391. The summed E-state index contributed by atoms with van der Waals surface area (Å²) in [4.78, 5) is 75.9. The summed E-state index contributed by atoms with van der Waals surface area (Å²) in [6.45, 7) is 5.46. The monoisotopic (exact) mass is 514 g/mol. The molecular weight excluding hydrogens is 480 g/mol. The van der Waals surface area contributed by atoms with Crippen molar-refractivity contribution >= 4 is 35.9 Å². The first-order valence-corrected chi connectivity index (χ1v) is 12.5. The SMILES string of the molecule is CC(C)(C)OC(=O)CC[C@@H](C=O)NC(=O)[C@@H]1CCCN2C(=O)CC[C@H](NC(=O)c3ccccc3)C(=O)N12. The van der Waals surface area contributed by atoms with Crippen LogP contribution in [0, 0.1) is 0 Å². The number of ether oxygens (including phenoxy) is 1. The van der Waals surface area contributed by atoms with Gasteiger partial charge in [0.1, 0.15) is 24.0 Å². The number of hydrogen-bond donors (Lipinski definition) is 2. The second kappa shape index (κ2) is 12.0. The molecule has 37 heavy (non-hydrogen) atoms. The van der Waals surface area contributed by atoms with Crippen molar-refractivity contribution in [3.8, 4) is 0 Å². The van der Waals surface area contributed by atoms with Gasteiger partial charge in [-0.1, -0.05) is 18.2 Å². The Bertz CT molecular complexity index is 1040. The second-order valence-electron chi connectivity index (χ2n) is 10.2. The van der Waals surface area contributed by atoms with E-state index < -0.39 is 47.4 Å². The molecule has 2 fully saturated rings. The van der Waals surface area contributed by atoms with Crippen molar-refractivity contribution in [3.05, 3.63) is 35.9 Å². The molecule has 0 saturated carbocycles. The summed E-state index contributed by atoms with van der Waals surface area (Å²) in [5.41, 5.74) is -0.302. The molecule has 2 saturated heterocycles. The van der Waals surface area contributed by atoms with Gasteiger partial charge in [-0.3, -0.25) is 29.0 Å². The molecule has 0 spiro atoms. The number of hydrogen-bond acceptors (Lipinski definition) is 7. The molecule has 1 aromatic carbocycles. The Morgan fingerprint density at radius 2 is 1.84 bits per heavy atom. The van der Waals surface area contributed by atoms with E-state index in [0.717, 1.165) is 5.01 Å². The van der Waals surface area contributed by atoms with Crippen LogP contribution in [0.15, 0.2) is 30.3 Å². The number of fused-ring (bicyclic) bond motifs is 1. The lowest BCUT2D eigenvalue weighted by atomic mass is 10.0. The molecule has 2 aliphatic heterocycles. The molecule has 11 nitrogen and oxygen atoms in total. The van der Waals surface area contributed by atoms with Crippen molar-refractivity contribution in [2.45, 2.75) is 83.0 Å². The topological polar surface area (TPSA) is 142 Å². The van der Waals surface area contributed by atoms with Crippen molar-refractivity contribution in [3.63, 3.8) is 0 Å². The Morgan fingerprint density at radius 1 is 1.14 bits per heavy atom. The van der Waals surface area contributed by atoms with Gasteiger partial charge in [0.25, 0.3) is 11.8 Å². The number of amides is 4. The highest BCUT2D eigenvalue weighted by molar-refractivity contribution is 5.99. The van der Waals surface area contributed by atoms with Crippen LogP contribution in [0.3, 0.4) is 0 Å². The minimum Gasteiger partial charge on any atom is -0.460 e. The lowest BCUT2D eigenvalue weighted by Gasteiger charge is -2.43. The van der Waals surface area contributed by atoms with Gasteiger partial charge in [-0.05, 0) is 58.6 Å². The first-order valence-electron chi connectivity index (χ1n) is 12.5. The van der Waals surface area contributed by atoms with Gasteiger partial charge in [-0.15, -0.1) is 0 Å². The molecule has 0 bridgehead atoms. The van der Waals surface area contributed by atoms with Crippen molar-refractivity contribution in [1.82, 2.24) is 20.7 Å². The number of carbonyl (C=O) groups is 6. The third kappa shape index (κ3) is 7.37. The molecule has 0 aliphatic carbocycles. The van der Waals surface area contributed by atoms with Crippen LogP contribution in [-0.4, -0.2) is 76.2 Å². The van der Waals surface area contributed by atoms with Gasteiger partial charge in [0.15, 0.2) is 0 Å². The van der Waals surface area contributed by atoms with Gasteiger partial charge < -0.3 is 20.2 Å². The number of carbonyl (C=O) groups excluding carboxylic acids is 6. The number of benzene rings is 1. The van der Waals surface area contributed by atoms with E-state index in [1.165, 1.54) is 5.01 Å². The maximum absolute atomic E-state index is 13.5. The van der Waals surface area contributed by atoms with Gasteiger partial charge in [0.2, 0.25) is 11.8 Å². The molecule has 11 heteroatoms. The number of nitrogens with one attached hydrogen (secondary N) is 2. The third-order valence-corrected chi connectivity index (χ3v) is 6.08. The average molecular weight is 515 g/mol. The highest BCUT2D eigenvalue weighted by atomic mass is 16.6. The van der Waals surface area contributed by atoms with Crippen molar-refractivity contribution in [2.24, 2.45) is 0 Å². The smallest absolute Gasteiger partial charge is 0.306 e. The van der Waals surface area contributed by atoms with Crippen LogP contribution in [0.1, 0.15) is 69.7 Å². The van der Waals surface area contributed by atoms with Gasteiger partial charge in [0.05, 0.1) is 6.04 Å². The van der Waals surface area contributed by atoms with Crippen molar-refractivity contribution in [1.29, 1.82) is 0 Å². The Labute approximate surface area is 215 Å². The molecule has 2 aliphatic rings. The van der Waals surface area contributed by atoms with Crippen LogP contribution in [0.2, 0.25) is 0 Å². The number of hydrazine groups is 1. The van der Waals surface area contributed by atoms with E-state index in [-0.39, 0.29) is 44.6 Å². The standard InChI is InChI=1S/C26H34N4O7/c1-26(2,3)37-22(33)14-11-18(16-31)27-24(35)20-10-7-15-29-21(32)13-12-19(25(36)30(20)29)28-23(34)17-8-5-4-6-9-17/h4-6,8-9,16,18-20H,7,10-15H2,1-3H3,(H,27,35)(H,28,34)/t18-,19-,20-/m0/s1. The lowest BCUT2D eigenvalue weighted by molar-refractivity contribution is -0.176. The van der Waals surface area contributed by atoms with E-state index >= 15 is 0 Å². The van der Waals surface area contributed by atoms with Crippen LogP contribution in [-0.2, 0) is 28.7 Å². The minimum absolute atomic E-state index is 0.0309. The third-order valence-electron chi connectivity index (χ3n) is 6.08. The highest BCUT2D eigenvalue weighted by Crippen LogP contribution is 2.25. The zero-order valence-corrected chi connectivity index (χ0v) is 21.4. The minimum atomic E-state index is -1.04. The molecular formula is C26H34N4O7. The van der Waals surface area contributed by atoms with Crippen LogP contribution in [0.5, 0.6) is 0 Å². The summed E-state index contributed by atoms with van der Waals surface area (Å²) in [5, 5.41) is 7.67. The number of esters is 1. The molecule has 0 radical (unpaired) electrons. The fourth-order valence-electron chi connectivity index (χ4n) is 4.36. The number of nitrogens with zero attached hydrogens (tertiary/aromatic N) is 2. The summed E-state index contributed by atoms with van der Waals surface area (Å²) in [6, 6.07) is 5.39. The van der Waals surface area contributed by atoms with Crippen molar-refractivity contribution in [2.75, 3.05) is 6.54 Å². The van der Waals surface area contributed by atoms with Crippen molar-refractivity contribution < 1.29 is 33.5 Å². The fourth-order valence-corrected chi connectivity index (χ4v) is 4.36. The molecule has 1 aromatic rings. The maximum atomic E-state index is 13.5. The predicted molar refractivity (Wildman–Crippen MR) is 132 cm³/mol. The first-order chi connectivity index (χ1) is 17.5. The lowest BCUT2D eigenvalue weighted by Crippen LogP contribution is -2.64. The summed E-state index contributed by atoms with van der Waals surface area (Å²) in [7, 11) is 0. The van der Waals surface area contributed by atoms with Crippen LogP contribution < -0.4 is 10.6 Å². The van der Waals surface area contributed by atoms with Gasteiger partial charge >= 0.3 is 5.97 Å². The van der Waals surface area contributed by atoms with E-state index in [9.17, 15) is 28.8 Å². The molecule has 200 valence electrons. The highest BCUT2D eigenvalue weighted by Gasteiger charge is 2.44. The van der Waals surface area contributed by atoms with E-state index in [1.807, 2.05) is 0 Å². The molecule has 2 heterocycles. The average Bonchev–Trinajstić information content (AvgIpc) is 2.98. The van der Waals surface area contributed by atoms with E-state index in [1.54, 1.807) is 51.1 Å². The first kappa shape index (κ1) is 27.8. The molecule has 2 N–H and O–H groups in total. The Kier molecular flexibility index (Phi) is 9.01. The fraction of sp³-hybridized carbons (Fsp3) is 0.538. The molecule has 0 unspecified atom stereocenters. The van der Waals surface area contributed by atoms with Crippen LogP contribution in [0.25, 0.3) is 0 Å². The summed E-state index contributed by atoms with van der Waals surface area (Å²) >= 11 is 0. The zero-order chi connectivity index (χ0) is 27.2. The van der Waals surface area contributed by atoms with Gasteiger partial charge in [-0.2, -0.15) is 0 Å². The van der Waals surface area contributed by atoms with Crippen LogP contribution >= 0.6 is 0 Å². The molecule has 3 rings (SSSR count).